The molecule has 0 fully saturated rings. The summed E-state index contributed by atoms with van der Waals surface area (Å²) in [5, 5.41) is 1.03. The molecule has 2 heterocycles. The van der Waals surface area contributed by atoms with Gasteiger partial charge in [-0.3, -0.25) is 0 Å². The summed E-state index contributed by atoms with van der Waals surface area (Å²) in [6.07, 6.45) is 2.75. The Morgan fingerprint density at radius 2 is 2.05 bits per heavy atom. The fraction of sp³-hybridized carbons (Fsp3) is 0.357. The molecule has 1 aliphatic rings. The zero-order valence-corrected chi connectivity index (χ0v) is 11.6. The van der Waals surface area contributed by atoms with E-state index in [1.165, 1.54) is 0 Å². The number of benzene rings is 1. The van der Waals surface area contributed by atoms with E-state index in [9.17, 15) is 0 Å². The standard InChI is InChI=1S/C14H16N2O2S/c1-9-16-8-13(19-9)14(15)10-3-4-11-12(7-10)18-6-2-5-17-11/h3-4,7-8,14H,2,5-6,15H2,1H3. The van der Waals surface area contributed by atoms with Crippen LogP contribution in [0.1, 0.15) is 27.9 Å². The molecule has 1 unspecified atom stereocenters. The molecule has 100 valence electrons. The summed E-state index contributed by atoms with van der Waals surface area (Å²) < 4.78 is 11.3. The van der Waals surface area contributed by atoms with E-state index in [-0.39, 0.29) is 6.04 Å². The third-order valence-corrected chi connectivity index (χ3v) is 4.07. The molecule has 2 N–H and O–H groups in total. The molecule has 4 nitrogen and oxygen atoms in total. The van der Waals surface area contributed by atoms with Crippen LogP contribution >= 0.6 is 11.3 Å². The highest BCUT2D eigenvalue weighted by atomic mass is 32.1. The lowest BCUT2D eigenvalue weighted by molar-refractivity contribution is 0.297. The van der Waals surface area contributed by atoms with Crippen LogP contribution in [0.25, 0.3) is 0 Å². The van der Waals surface area contributed by atoms with Gasteiger partial charge in [0.25, 0.3) is 0 Å². The van der Waals surface area contributed by atoms with Crippen molar-refractivity contribution in [3.8, 4) is 11.5 Å². The van der Waals surface area contributed by atoms with Gasteiger partial charge in [-0.1, -0.05) is 6.07 Å². The maximum atomic E-state index is 6.28. The summed E-state index contributed by atoms with van der Waals surface area (Å²) in [6, 6.07) is 5.74. The lowest BCUT2D eigenvalue weighted by Crippen LogP contribution is -2.10. The van der Waals surface area contributed by atoms with Gasteiger partial charge < -0.3 is 15.2 Å². The maximum absolute atomic E-state index is 6.28. The van der Waals surface area contributed by atoms with Gasteiger partial charge >= 0.3 is 0 Å². The summed E-state index contributed by atoms with van der Waals surface area (Å²) in [4.78, 5) is 5.31. The Balaban J connectivity index is 1.91. The van der Waals surface area contributed by atoms with Gasteiger partial charge in [-0.25, -0.2) is 4.98 Å². The van der Waals surface area contributed by atoms with Gasteiger partial charge in [0.05, 0.1) is 24.3 Å². The Morgan fingerprint density at radius 1 is 1.26 bits per heavy atom. The van der Waals surface area contributed by atoms with Crippen molar-refractivity contribution >= 4 is 11.3 Å². The van der Waals surface area contributed by atoms with E-state index in [1.807, 2.05) is 31.3 Å². The normalized spacial score (nSPS) is 15.9. The monoisotopic (exact) mass is 276 g/mol. The van der Waals surface area contributed by atoms with Crippen LogP contribution in [0.4, 0.5) is 0 Å². The fourth-order valence-corrected chi connectivity index (χ4v) is 2.87. The molecule has 0 bridgehead atoms. The van der Waals surface area contributed by atoms with Gasteiger partial charge in [-0.05, 0) is 24.6 Å². The quantitative estimate of drug-likeness (QED) is 0.916. The summed E-state index contributed by atoms with van der Waals surface area (Å²) in [7, 11) is 0. The van der Waals surface area contributed by atoms with Crippen LogP contribution in [0.2, 0.25) is 0 Å². The van der Waals surface area contributed by atoms with Crippen molar-refractivity contribution in [2.24, 2.45) is 5.73 Å². The summed E-state index contributed by atoms with van der Waals surface area (Å²) in [5.74, 6) is 1.58. The molecular weight excluding hydrogens is 260 g/mol. The van der Waals surface area contributed by atoms with Crippen LogP contribution in [0.15, 0.2) is 24.4 Å². The van der Waals surface area contributed by atoms with E-state index < -0.39 is 0 Å². The van der Waals surface area contributed by atoms with Crippen molar-refractivity contribution in [3.05, 3.63) is 39.8 Å². The zero-order valence-electron chi connectivity index (χ0n) is 10.8. The van der Waals surface area contributed by atoms with Crippen LogP contribution in [-0.2, 0) is 0 Å². The highest BCUT2D eigenvalue weighted by Crippen LogP contribution is 2.34. The first-order chi connectivity index (χ1) is 9.24. The minimum absolute atomic E-state index is 0.164. The van der Waals surface area contributed by atoms with Crippen molar-refractivity contribution in [2.75, 3.05) is 13.2 Å². The van der Waals surface area contributed by atoms with Crippen molar-refractivity contribution in [1.29, 1.82) is 0 Å². The molecule has 3 rings (SSSR count). The highest BCUT2D eigenvalue weighted by molar-refractivity contribution is 7.11. The molecule has 1 atom stereocenters. The molecule has 0 saturated carbocycles. The van der Waals surface area contributed by atoms with E-state index in [1.54, 1.807) is 11.3 Å². The first kappa shape index (κ1) is 12.4. The van der Waals surface area contributed by atoms with Crippen LogP contribution in [0.3, 0.4) is 0 Å². The van der Waals surface area contributed by atoms with Crippen molar-refractivity contribution in [2.45, 2.75) is 19.4 Å². The molecule has 0 aliphatic carbocycles. The predicted octanol–water partition coefficient (Wildman–Crippen LogP) is 2.66. The Bertz CT molecular complexity index is 583. The SMILES string of the molecule is Cc1ncc(C(N)c2ccc3c(c2)OCCCO3)s1. The van der Waals surface area contributed by atoms with Crippen molar-refractivity contribution in [1.82, 2.24) is 4.98 Å². The van der Waals surface area contributed by atoms with Crippen molar-refractivity contribution < 1.29 is 9.47 Å². The van der Waals surface area contributed by atoms with Crippen molar-refractivity contribution in [3.63, 3.8) is 0 Å². The summed E-state index contributed by atoms with van der Waals surface area (Å²) in [5.41, 5.74) is 7.30. The van der Waals surface area contributed by atoms with Gasteiger partial charge in [-0.15, -0.1) is 11.3 Å². The molecule has 0 saturated heterocycles. The van der Waals surface area contributed by atoms with Gasteiger partial charge in [-0.2, -0.15) is 0 Å². The molecule has 0 radical (unpaired) electrons. The summed E-state index contributed by atoms with van der Waals surface area (Å²) >= 11 is 1.62. The molecule has 2 aromatic rings. The van der Waals surface area contributed by atoms with E-state index in [0.29, 0.717) is 13.2 Å². The average Bonchev–Trinajstić information content (AvgIpc) is 2.72. The minimum Gasteiger partial charge on any atom is -0.490 e. The van der Waals surface area contributed by atoms with Crippen LogP contribution in [-0.4, -0.2) is 18.2 Å². The van der Waals surface area contributed by atoms with Gasteiger partial charge in [0.1, 0.15) is 0 Å². The second-order valence-electron chi connectivity index (χ2n) is 4.52. The van der Waals surface area contributed by atoms with E-state index in [2.05, 4.69) is 4.98 Å². The Hall–Kier alpha value is -1.59. The highest BCUT2D eigenvalue weighted by Gasteiger charge is 2.16. The molecule has 1 aromatic heterocycles. The van der Waals surface area contributed by atoms with Gasteiger partial charge in [0.15, 0.2) is 11.5 Å². The number of hydrogen-bond donors (Lipinski definition) is 1. The second kappa shape index (κ2) is 5.19. The molecule has 0 amide bonds. The Morgan fingerprint density at radius 3 is 2.79 bits per heavy atom. The van der Waals surface area contributed by atoms with E-state index in [4.69, 9.17) is 15.2 Å². The predicted molar refractivity (Wildman–Crippen MR) is 74.9 cm³/mol. The lowest BCUT2D eigenvalue weighted by Gasteiger charge is -2.13. The number of nitrogens with two attached hydrogens (primary N) is 1. The third kappa shape index (κ3) is 2.57. The second-order valence-corrected chi connectivity index (χ2v) is 5.78. The Labute approximate surface area is 116 Å². The van der Waals surface area contributed by atoms with E-state index in [0.717, 1.165) is 33.4 Å². The molecular formula is C14H16N2O2S. The first-order valence-corrected chi connectivity index (χ1v) is 7.13. The smallest absolute Gasteiger partial charge is 0.161 e. The van der Waals surface area contributed by atoms with Gasteiger partial charge in [0, 0.05) is 17.5 Å². The molecule has 0 spiro atoms. The number of hydrogen-bond acceptors (Lipinski definition) is 5. The number of rotatable bonds is 2. The summed E-state index contributed by atoms with van der Waals surface area (Å²) in [6.45, 7) is 3.37. The topological polar surface area (TPSA) is 57.4 Å². The molecule has 1 aromatic carbocycles. The number of ether oxygens (including phenoxy) is 2. The van der Waals surface area contributed by atoms with Crippen LogP contribution < -0.4 is 15.2 Å². The Kier molecular flexibility index (Phi) is 3.40. The molecule has 19 heavy (non-hydrogen) atoms. The number of fused-ring (bicyclic) bond motifs is 1. The molecule has 1 aliphatic heterocycles. The van der Waals surface area contributed by atoms with Gasteiger partial charge in [0.2, 0.25) is 0 Å². The van der Waals surface area contributed by atoms with Crippen LogP contribution in [0, 0.1) is 6.92 Å². The number of nitrogens with zero attached hydrogens (tertiary/aromatic N) is 1. The lowest BCUT2D eigenvalue weighted by atomic mass is 10.1. The molecule has 5 heteroatoms. The minimum atomic E-state index is -0.164. The third-order valence-electron chi connectivity index (χ3n) is 3.08. The van der Waals surface area contributed by atoms with Crippen LogP contribution in [0.5, 0.6) is 11.5 Å². The fourth-order valence-electron chi connectivity index (χ4n) is 2.06. The number of aromatic nitrogens is 1. The number of aryl methyl sites for hydroxylation is 1. The first-order valence-electron chi connectivity index (χ1n) is 6.31. The number of thiazole rings is 1. The maximum Gasteiger partial charge on any atom is 0.161 e. The average molecular weight is 276 g/mol. The zero-order chi connectivity index (χ0) is 13.2. The largest absolute Gasteiger partial charge is 0.490 e. The van der Waals surface area contributed by atoms with E-state index >= 15 is 0 Å².